The van der Waals surface area contributed by atoms with Gasteiger partial charge >= 0.3 is 0 Å². The van der Waals surface area contributed by atoms with E-state index in [0.717, 1.165) is 16.6 Å². The van der Waals surface area contributed by atoms with Crippen LogP contribution in [-0.2, 0) is 0 Å². The maximum Gasteiger partial charge on any atom is 0.225 e. The smallest absolute Gasteiger partial charge is 0.225 e. The van der Waals surface area contributed by atoms with Gasteiger partial charge in [-0.3, -0.25) is 0 Å². The Labute approximate surface area is 120 Å². The molecule has 2 heterocycles. The van der Waals surface area contributed by atoms with Gasteiger partial charge in [-0.1, -0.05) is 29.8 Å². The lowest BCUT2D eigenvalue weighted by Crippen LogP contribution is -1.98. The molecule has 100 valence electrons. The van der Waals surface area contributed by atoms with Crippen molar-refractivity contribution in [1.82, 2.24) is 15.0 Å². The van der Waals surface area contributed by atoms with Crippen molar-refractivity contribution in [2.24, 2.45) is 0 Å². The van der Waals surface area contributed by atoms with E-state index in [1.807, 2.05) is 37.3 Å². The summed E-state index contributed by atoms with van der Waals surface area (Å²) < 4.78 is 5.73. The van der Waals surface area contributed by atoms with Crippen molar-refractivity contribution in [2.75, 3.05) is 5.73 Å². The quantitative estimate of drug-likeness (QED) is 0.731. The van der Waals surface area contributed by atoms with Gasteiger partial charge in [0.25, 0.3) is 0 Å². The van der Waals surface area contributed by atoms with E-state index in [-0.39, 0.29) is 11.1 Å². The molecule has 3 aromatic rings. The maximum absolute atomic E-state index is 5.83. The topological polar surface area (TPSA) is 73.9 Å². The molecule has 20 heavy (non-hydrogen) atoms. The van der Waals surface area contributed by atoms with Crippen molar-refractivity contribution in [2.45, 2.75) is 6.92 Å². The molecule has 0 fully saturated rings. The van der Waals surface area contributed by atoms with Crippen LogP contribution in [0.2, 0.25) is 5.15 Å². The Morgan fingerprint density at radius 3 is 2.75 bits per heavy atom. The zero-order valence-corrected chi connectivity index (χ0v) is 11.4. The van der Waals surface area contributed by atoms with E-state index in [0.29, 0.717) is 11.6 Å². The SMILES string of the molecule is Cc1ccc2cccc(Oc3cc(Cl)nc(N)n3)c2n1. The number of pyridine rings is 1. The lowest BCUT2D eigenvalue weighted by molar-refractivity contribution is 0.467. The minimum absolute atomic E-state index is 0.0666. The van der Waals surface area contributed by atoms with Crippen molar-refractivity contribution in [3.05, 3.63) is 47.2 Å². The van der Waals surface area contributed by atoms with Gasteiger partial charge in [-0.15, -0.1) is 0 Å². The Balaban J connectivity index is 2.08. The van der Waals surface area contributed by atoms with E-state index in [1.165, 1.54) is 6.07 Å². The van der Waals surface area contributed by atoms with Crippen LogP contribution in [0.15, 0.2) is 36.4 Å². The molecule has 0 saturated heterocycles. The first-order valence-corrected chi connectivity index (χ1v) is 6.34. The number of ether oxygens (including phenoxy) is 1. The van der Waals surface area contributed by atoms with Crippen molar-refractivity contribution in [1.29, 1.82) is 0 Å². The summed E-state index contributed by atoms with van der Waals surface area (Å²) in [7, 11) is 0. The summed E-state index contributed by atoms with van der Waals surface area (Å²) in [5.41, 5.74) is 7.22. The minimum Gasteiger partial charge on any atom is -0.437 e. The van der Waals surface area contributed by atoms with Crippen molar-refractivity contribution in [3.63, 3.8) is 0 Å². The van der Waals surface area contributed by atoms with E-state index in [4.69, 9.17) is 22.1 Å². The van der Waals surface area contributed by atoms with E-state index in [1.54, 1.807) is 0 Å². The fourth-order valence-corrected chi connectivity index (χ4v) is 2.06. The van der Waals surface area contributed by atoms with Crippen LogP contribution in [0.1, 0.15) is 5.69 Å². The number of hydrogen-bond donors (Lipinski definition) is 1. The molecular weight excluding hydrogens is 276 g/mol. The Morgan fingerprint density at radius 1 is 1.10 bits per heavy atom. The summed E-state index contributed by atoms with van der Waals surface area (Å²) in [6, 6.07) is 11.1. The van der Waals surface area contributed by atoms with E-state index >= 15 is 0 Å². The lowest BCUT2D eigenvalue weighted by Gasteiger charge is -2.08. The predicted octanol–water partition coefficient (Wildman–Crippen LogP) is 3.36. The molecule has 0 spiro atoms. The zero-order chi connectivity index (χ0) is 14.1. The third kappa shape index (κ3) is 2.48. The lowest BCUT2D eigenvalue weighted by atomic mass is 10.2. The molecule has 0 unspecified atom stereocenters. The molecule has 0 saturated carbocycles. The number of anilines is 1. The molecule has 1 aromatic carbocycles. The highest BCUT2D eigenvalue weighted by molar-refractivity contribution is 6.29. The first-order chi connectivity index (χ1) is 9.61. The van der Waals surface area contributed by atoms with Gasteiger partial charge in [0.05, 0.1) is 0 Å². The molecule has 5 nitrogen and oxygen atoms in total. The van der Waals surface area contributed by atoms with Crippen LogP contribution in [0, 0.1) is 6.92 Å². The Morgan fingerprint density at radius 2 is 1.95 bits per heavy atom. The number of halogens is 1. The van der Waals surface area contributed by atoms with Gasteiger partial charge in [-0.05, 0) is 19.1 Å². The highest BCUT2D eigenvalue weighted by atomic mass is 35.5. The Kier molecular flexibility index (Phi) is 3.12. The highest BCUT2D eigenvalue weighted by Gasteiger charge is 2.08. The van der Waals surface area contributed by atoms with E-state index in [2.05, 4.69) is 15.0 Å². The number of hydrogen-bond acceptors (Lipinski definition) is 5. The first-order valence-electron chi connectivity index (χ1n) is 5.96. The number of benzene rings is 1. The Bertz CT molecular complexity index is 771. The maximum atomic E-state index is 5.83. The second kappa shape index (κ2) is 4.94. The fraction of sp³-hybridized carbons (Fsp3) is 0.0714. The number of aryl methyl sites for hydroxylation is 1. The molecule has 0 aliphatic heterocycles. The Hall–Kier alpha value is -2.40. The van der Waals surface area contributed by atoms with Crippen LogP contribution in [0.4, 0.5) is 5.95 Å². The standard InChI is InChI=1S/C14H11ClN4O/c1-8-5-6-9-3-2-4-10(13(9)17-8)20-12-7-11(15)18-14(16)19-12/h2-7H,1H3,(H2,16,18,19). The van der Waals surface area contributed by atoms with Crippen molar-refractivity contribution < 1.29 is 4.74 Å². The minimum atomic E-state index is 0.0666. The molecule has 0 amide bonds. The molecule has 2 aromatic heterocycles. The summed E-state index contributed by atoms with van der Waals surface area (Å²) >= 11 is 5.83. The number of nitrogens with zero attached hydrogens (tertiary/aromatic N) is 3. The molecule has 2 N–H and O–H groups in total. The van der Waals surface area contributed by atoms with Crippen LogP contribution in [0.3, 0.4) is 0 Å². The molecule has 0 aliphatic carbocycles. The highest BCUT2D eigenvalue weighted by Crippen LogP contribution is 2.28. The number of nitrogens with two attached hydrogens (primary N) is 1. The second-order valence-electron chi connectivity index (χ2n) is 4.27. The van der Waals surface area contributed by atoms with Gasteiger partial charge in [0.15, 0.2) is 5.75 Å². The molecule has 0 radical (unpaired) electrons. The predicted molar refractivity (Wildman–Crippen MR) is 78.0 cm³/mol. The summed E-state index contributed by atoms with van der Waals surface area (Å²) in [6.07, 6.45) is 0. The van der Waals surface area contributed by atoms with Crippen LogP contribution in [-0.4, -0.2) is 15.0 Å². The van der Waals surface area contributed by atoms with E-state index < -0.39 is 0 Å². The first kappa shape index (κ1) is 12.6. The van der Waals surface area contributed by atoms with Gasteiger partial charge in [0, 0.05) is 17.1 Å². The number of fused-ring (bicyclic) bond motifs is 1. The molecule has 6 heteroatoms. The van der Waals surface area contributed by atoms with Crippen LogP contribution in [0.25, 0.3) is 10.9 Å². The summed E-state index contributed by atoms with van der Waals surface area (Å²) in [6.45, 7) is 1.93. The van der Waals surface area contributed by atoms with Crippen LogP contribution in [0.5, 0.6) is 11.6 Å². The number of para-hydroxylation sites is 1. The largest absolute Gasteiger partial charge is 0.437 e. The fourth-order valence-electron chi connectivity index (χ4n) is 1.88. The average molecular weight is 287 g/mol. The molecule has 3 rings (SSSR count). The monoisotopic (exact) mass is 286 g/mol. The van der Waals surface area contributed by atoms with Gasteiger partial charge in [-0.2, -0.15) is 4.98 Å². The third-order valence-electron chi connectivity index (χ3n) is 2.73. The van der Waals surface area contributed by atoms with Crippen molar-refractivity contribution in [3.8, 4) is 11.6 Å². The summed E-state index contributed by atoms with van der Waals surface area (Å²) in [5.74, 6) is 0.954. The second-order valence-corrected chi connectivity index (χ2v) is 4.66. The van der Waals surface area contributed by atoms with E-state index in [9.17, 15) is 0 Å². The summed E-state index contributed by atoms with van der Waals surface area (Å²) in [4.78, 5) is 12.3. The molecule has 0 bridgehead atoms. The summed E-state index contributed by atoms with van der Waals surface area (Å²) in [5, 5.41) is 1.22. The number of rotatable bonds is 2. The number of aromatic nitrogens is 3. The molecule has 0 aliphatic rings. The normalized spacial score (nSPS) is 10.7. The van der Waals surface area contributed by atoms with Gasteiger partial charge in [0.2, 0.25) is 11.8 Å². The van der Waals surface area contributed by atoms with Crippen LogP contribution < -0.4 is 10.5 Å². The van der Waals surface area contributed by atoms with Crippen molar-refractivity contribution >= 4 is 28.5 Å². The van der Waals surface area contributed by atoms with Gasteiger partial charge < -0.3 is 10.5 Å². The van der Waals surface area contributed by atoms with Gasteiger partial charge in [0.1, 0.15) is 10.7 Å². The molecular formula is C14H11ClN4O. The number of nitrogen functional groups attached to an aromatic ring is 1. The molecule has 0 atom stereocenters. The third-order valence-corrected chi connectivity index (χ3v) is 2.92. The zero-order valence-electron chi connectivity index (χ0n) is 10.7. The van der Waals surface area contributed by atoms with Gasteiger partial charge in [-0.25, -0.2) is 9.97 Å². The average Bonchev–Trinajstić information content (AvgIpc) is 2.38. The van der Waals surface area contributed by atoms with Crippen LogP contribution >= 0.6 is 11.6 Å².